The summed E-state index contributed by atoms with van der Waals surface area (Å²) in [5, 5.41) is 29.9. The lowest BCUT2D eigenvalue weighted by molar-refractivity contribution is 0.0699. The molecule has 0 saturated heterocycles. The highest BCUT2D eigenvalue weighted by Gasteiger charge is 2.32. The first-order chi connectivity index (χ1) is 17.6. The Balaban J connectivity index is 1.64. The molecule has 1 aliphatic carbocycles. The van der Waals surface area contributed by atoms with Crippen LogP contribution in [-0.4, -0.2) is 37.0 Å². The maximum Gasteiger partial charge on any atom is 0.489 e. The average Bonchev–Trinajstić information content (AvgIpc) is 3.62. The number of anilines is 1. The molecular weight excluding hydrogens is 540 g/mol. The average molecular weight is 560 g/mol. The normalized spacial score (nSPS) is 14.1. The molecule has 0 radical (unpaired) electrons. The van der Waals surface area contributed by atoms with Gasteiger partial charge in [-0.1, -0.05) is 35.3 Å². The Bertz CT molecular complexity index is 1540. The second-order valence-electron chi connectivity index (χ2n) is 8.80. The fourth-order valence-electron chi connectivity index (χ4n) is 4.37. The predicted octanol–water partition coefficient (Wildman–Crippen LogP) is 4.81. The van der Waals surface area contributed by atoms with E-state index in [-0.39, 0.29) is 39.9 Å². The Labute approximate surface area is 224 Å². The maximum atomic E-state index is 12.5. The van der Waals surface area contributed by atoms with Gasteiger partial charge in [-0.2, -0.15) is 0 Å². The van der Waals surface area contributed by atoms with Gasteiger partial charge in [0, 0.05) is 32.5 Å². The summed E-state index contributed by atoms with van der Waals surface area (Å²) in [6, 6.07) is 14.5. The van der Waals surface area contributed by atoms with Crippen molar-refractivity contribution in [2.45, 2.75) is 25.3 Å². The van der Waals surface area contributed by atoms with E-state index in [1.165, 1.54) is 16.4 Å². The van der Waals surface area contributed by atoms with E-state index in [4.69, 9.17) is 27.6 Å². The van der Waals surface area contributed by atoms with Gasteiger partial charge >= 0.3 is 13.1 Å². The molecular formula is C25H20BCl2NO7S. The van der Waals surface area contributed by atoms with Crippen LogP contribution in [0.25, 0.3) is 22.3 Å². The summed E-state index contributed by atoms with van der Waals surface area (Å²) >= 11 is 9.71. The second-order valence-corrected chi connectivity index (χ2v) is 10.5. The topological polar surface area (TPSA) is 131 Å². The third-order valence-corrected chi connectivity index (χ3v) is 7.58. The molecule has 190 valence electrons. The minimum atomic E-state index is -2.44. The minimum absolute atomic E-state index is 0.00683. The molecule has 0 spiro atoms. The molecule has 0 aliphatic heterocycles. The zero-order valence-electron chi connectivity index (χ0n) is 19.1. The number of halogens is 2. The molecule has 1 unspecified atom stereocenters. The molecule has 4 N–H and O–H groups in total. The highest BCUT2D eigenvalue weighted by Crippen LogP contribution is 2.48. The number of hydrogen-bond acceptors (Lipinski definition) is 5. The first-order valence-corrected chi connectivity index (χ1v) is 13.1. The van der Waals surface area contributed by atoms with Gasteiger partial charge in [-0.15, -0.1) is 0 Å². The van der Waals surface area contributed by atoms with E-state index in [0.29, 0.717) is 27.2 Å². The summed E-state index contributed by atoms with van der Waals surface area (Å²) in [6.07, 6.45) is 1.73. The first-order valence-electron chi connectivity index (χ1n) is 11.3. The van der Waals surface area contributed by atoms with Crippen LogP contribution < -0.4 is 9.77 Å². The van der Waals surface area contributed by atoms with Gasteiger partial charge in [0.15, 0.2) is 0 Å². The smallest absolute Gasteiger partial charge is 0.478 e. The lowest BCUT2D eigenvalue weighted by Crippen LogP contribution is -2.31. The summed E-state index contributed by atoms with van der Waals surface area (Å²) in [7, 11) is -1.74. The van der Waals surface area contributed by atoms with Crippen LogP contribution >= 0.6 is 23.2 Å². The first kappa shape index (κ1) is 25.8. The van der Waals surface area contributed by atoms with Gasteiger partial charge < -0.3 is 19.6 Å². The van der Waals surface area contributed by atoms with E-state index < -0.39 is 24.4 Å². The van der Waals surface area contributed by atoms with Gasteiger partial charge in [0.1, 0.15) is 16.9 Å². The van der Waals surface area contributed by atoms with E-state index in [9.17, 15) is 28.7 Å². The van der Waals surface area contributed by atoms with Crippen LogP contribution in [0.2, 0.25) is 10.0 Å². The summed E-state index contributed by atoms with van der Waals surface area (Å²) < 4.78 is 30.0. The molecule has 4 aromatic rings. The molecule has 1 aliphatic rings. The number of carboxylic acids is 1. The van der Waals surface area contributed by atoms with E-state index in [1.54, 1.807) is 42.5 Å². The summed E-state index contributed by atoms with van der Waals surface area (Å²) in [4.78, 5) is 12.3. The number of carboxylic acid groups (broad SMARTS) is 1. The largest absolute Gasteiger partial charge is 0.489 e. The van der Waals surface area contributed by atoms with Gasteiger partial charge in [0.25, 0.3) is 11.3 Å². The summed E-state index contributed by atoms with van der Waals surface area (Å²) in [5.41, 5.74) is 2.66. The van der Waals surface area contributed by atoms with Crippen LogP contribution in [0, 0.1) is 0 Å². The number of benzene rings is 3. The predicted molar refractivity (Wildman–Crippen MR) is 144 cm³/mol. The lowest BCUT2D eigenvalue weighted by atomic mass is 9.80. The molecule has 37 heavy (non-hydrogen) atoms. The van der Waals surface area contributed by atoms with Crippen molar-refractivity contribution >= 4 is 69.7 Å². The van der Waals surface area contributed by atoms with Crippen LogP contribution in [-0.2, 0) is 17.8 Å². The lowest BCUT2D eigenvalue weighted by Gasteiger charge is -2.23. The van der Waals surface area contributed by atoms with Crippen molar-refractivity contribution in [2.24, 2.45) is 0 Å². The highest BCUT2D eigenvalue weighted by atomic mass is 35.5. The Morgan fingerprint density at radius 2 is 1.78 bits per heavy atom. The molecule has 5 rings (SSSR count). The van der Waals surface area contributed by atoms with Crippen molar-refractivity contribution in [2.75, 3.05) is 4.31 Å². The Hall–Kier alpha value is -2.86. The molecule has 1 heterocycles. The Morgan fingerprint density at radius 1 is 1.08 bits per heavy atom. The van der Waals surface area contributed by atoms with Gasteiger partial charge in [0.05, 0.1) is 12.2 Å². The Kier molecular flexibility index (Phi) is 7.06. The quantitative estimate of drug-likeness (QED) is 0.180. The minimum Gasteiger partial charge on any atom is -0.478 e. The monoisotopic (exact) mass is 559 g/mol. The Morgan fingerprint density at radius 3 is 2.35 bits per heavy atom. The van der Waals surface area contributed by atoms with E-state index in [0.717, 1.165) is 18.4 Å². The van der Waals surface area contributed by atoms with Gasteiger partial charge in [0.2, 0.25) is 0 Å². The van der Waals surface area contributed by atoms with Crippen molar-refractivity contribution in [1.82, 2.24) is 0 Å². The van der Waals surface area contributed by atoms with Crippen LogP contribution in [0.3, 0.4) is 0 Å². The van der Waals surface area contributed by atoms with Crippen molar-refractivity contribution in [3.63, 3.8) is 0 Å². The number of furan rings is 1. The number of nitrogens with zero attached hydrogens (tertiary/aromatic N) is 1. The molecule has 1 atom stereocenters. The zero-order valence-corrected chi connectivity index (χ0v) is 21.4. The molecule has 1 saturated carbocycles. The van der Waals surface area contributed by atoms with Crippen LogP contribution in [0.4, 0.5) is 5.69 Å². The molecule has 1 aromatic heterocycles. The van der Waals surface area contributed by atoms with Crippen LogP contribution in [0.15, 0.2) is 59.0 Å². The molecule has 1 fully saturated rings. The number of aromatic carboxylic acids is 1. The fourth-order valence-corrected chi connectivity index (χ4v) is 5.38. The van der Waals surface area contributed by atoms with Crippen LogP contribution in [0.5, 0.6) is 0 Å². The zero-order chi connectivity index (χ0) is 26.4. The van der Waals surface area contributed by atoms with Crippen molar-refractivity contribution in [3.8, 4) is 11.3 Å². The number of fused-ring (bicyclic) bond motifs is 1. The van der Waals surface area contributed by atoms with Crippen molar-refractivity contribution in [1.29, 1.82) is 0 Å². The molecule has 3 aromatic carbocycles. The number of carbonyl (C=O) groups is 1. The number of rotatable bonds is 8. The van der Waals surface area contributed by atoms with Gasteiger partial charge in [-0.3, -0.25) is 8.86 Å². The van der Waals surface area contributed by atoms with E-state index in [2.05, 4.69) is 0 Å². The second kappa shape index (κ2) is 10.1. The molecule has 12 heteroatoms. The van der Waals surface area contributed by atoms with Crippen LogP contribution in [0.1, 0.15) is 40.2 Å². The third kappa shape index (κ3) is 5.13. The maximum absolute atomic E-state index is 12.5. The highest BCUT2D eigenvalue weighted by molar-refractivity contribution is 7.80. The SMILES string of the molecule is O=C(O)c1c(-c2ccc(Cl)cc2)oc2cc(N(Cc3ccc(B(O)O)c(Cl)c3)S(=O)O)c(C3CC3)cc12. The standard InChI is InChI=1S/C25H20BCl2NO7S/c27-16-6-4-15(5-7-16)24-23(25(30)31)18-10-17(14-2-3-14)21(11-22(18)36-24)29(37(34)35)12-13-1-8-19(26(32)33)20(28)9-13/h1,4-11,14,32-33H,2-3,12H2,(H,30,31)(H,34,35). The molecule has 0 bridgehead atoms. The summed E-state index contributed by atoms with van der Waals surface area (Å²) in [5.74, 6) is -0.877. The van der Waals surface area contributed by atoms with E-state index in [1.807, 2.05) is 0 Å². The van der Waals surface area contributed by atoms with Gasteiger partial charge in [-0.05, 0) is 66.3 Å². The third-order valence-electron chi connectivity index (χ3n) is 6.30. The van der Waals surface area contributed by atoms with E-state index >= 15 is 0 Å². The fraction of sp³-hybridized carbons (Fsp3) is 0.160. The van der Waals surface area contributed by atoms with Crippen molar-refractivity contribution < 1.29 is 33.1 Å². The molecule has 0 amide bonds. The number of hydrogen-bond donors (Lipinski definition) is 4. The summed E-state index contributed by atoms with van der Waals surface area (Å²) in [6.45, 7) is -0.0214. The van der Waals surface area contributed by atoms with Crippen molar-refractivity contribution in [3.05, 3.63) is 81.3 Å². The van der Waals surface area contributed by atoms with Gasteiger partial charge in [-0.25, -0.2) is 9.00 Å². The molecule has 8 nitrogen and oxygen atoms in total.